The number of aliphatic imine (C=N–C) groups is 2. The third kappa shape index (κ3) is 6.58. The van der Waals surface area contributed by atoms with Crippen LogP contribution in [0.3, 0.4) is 0 Å². The zero-order valence-electron chi connectivity index (χ0n) is 22.4. The van der Waals surface area contributed by atoms with Crippen LogP contribution in [0.25, 0.3) is 0 Å². The van der Waals surface area contributed by atoms with Crippen molar-refractivity contribution in [2.45, 2.75) is 97.1 Å². The van der Waals surface area contributed by atoms with Crippen LogP contribution in [0.4, 0.5) is 0 Å². The molecule has 2 aromatic rings. The lowest BCUT2D eigenvalue weighted by Gasteiger charge is -2.25. The van der Waals surface area contributed by atoms with Gasteiger partial charge < -0.3 is 9.68 Å². The Bertz CT molecular complexity index is 1100. The van der Waals surface area contributed by atoms with Gasteiger partial charge in [-0.05, 0) is 68.2 Å². The highest BCUT2D eigenvalue weighted by Gasteiger charge is 2.25. The molecule has 4 rings (SSSR count). The topological polar surface area (TPSA) is 46.4 Å². The third-order valence-corrected chi connectivity index (χ3v) is 7.14. The predicted octanol–water partition coefficient (Wildman–Crippen LogP) is 5.86. The molecule has 2 aromatic carbocycles. The molecule has 1 aliphatic heterocycles. The fourth-order valence-corrected chi connectivity index (χ4v) is 5.18. The number of aryl methyl sites for hydroxylation is 3. The molecule has 190 valence electrons. The van der Waals surface area contributed by atoms with Crippen molar-refractivity contribution in [3.63, 3.8) is 0 Å². The van der Waals surface area contributed by atoms with E-state index in [0.29, 0.717) is 11.2 Å². The van der Waals surface area contributed by atoms with Crippen molar-refractivity contribution in [2.75, 3.05) is 7.05 Å². The Morgan fingerprint density at radius 2 is 1.47 bits per heavy atom. The van der Waals surface area contributed by atoms with Gasteiger partial charge in [-0.2, -0.15) is 0 Å². The lowest BCUT2D eigenvalue weighted by molar-refractivity contribution is -0.237. The van der Waals surface area contributed by atoms with Gasteiger partial charge in [-0.3, -0.25) is 9.98 Å². The van der Waals surface area contributed by atoms with Crippen LogP contribution >= 0.6 is 0 Å². The summed E-state index contributed by atoms with van der Waals surface area (Å²) in [6, 6.07) is 8.71. The van der Waals surface area contributed by atoms with Gasteiger partial charge in [-0.25, -0.2) is 0 Å². The molecule has 36 heavy (non-hydrogen) atoms. The van der Waals surface area contributed by atoms with Gasteiger partial charge in [0.05, 0.1) is 19.1 Å². The smallest absolute Gasteiger partial charge is 0.163 e. The number of rotatable bonds is 6. The van der Waals surface area contributed by atoms with Crippen LogP contribution in [0.5, 0.6) is 11.5 Å². The van der Waals surface area contributed by atoms with Gasteiger partial charge in [0.2, 0.25) is 0 Å². The van der Waals surface area contributed by atoms with Crippen LogP contribution < -0.4 is 15.1 Å². The molecule has 0 spiro atoms. The molecule has 6 heteroatoms. The number of hydrogen-bond donors (Lipinski definition) is 0. The number of hydroxylamine groups is 2. The molecule has 2 aliphatic rings. The highest BCUT2D eigenvalue weighted by molar-refractivity contribution is 6.32. The van der Waals surface area contributed by atoms with E-state index in [-0.39, 0.29) is 12.1 Å². The summed E-state index contributed by atoms with van der Waals surface area (Å²) in [5.74, 6) is 1.54. The molecule has 0 saturated heterocycles. The third-order valence-electron chi connectivity index (χ3n) is 7.14. The number of fused-ring (bicyclic) bond motifs is 3. The Kier molecular flexibility index (Phi) is 9.25. The molecule has 2 radical (unpaired) electrons. The zero-order valence-corrected chi connectivity index (χ0v) is 22.4. The quantitative estimate of drug-likeness (QED) is 0.482. The summed E-state index contributed by atoms with van der Waals surface area (Å²) >= 11 is 0. The molecule has 0 amide bonds. The Morgan fingerprint density at radius 1 is 0.861 bits per heavy atom. The van der Waals surface area contributed by atoms with Gasteiger partial charge in [0.25, 0.3) is 0 Å². The molecule has 2 atom stereocenters. The first-order chi connectivity index (χ1) is 17.5. The van der Waals surface area contributed by atoms with Crippen LogP contribution in [0.15, 0.2) is 34.3 Å². The van der Waals surface area contributed by atoms with Crippen molar-refractivity contribution >= 4 is 25.7 Å². The first-order valence-corrected chi connectivity index (χ1v) is 13.7. The molecule has 2 unspecified atom stereocenters. The van der Waals surface area contributed by atoms with Gasteiger partial charge in [0.15, 0.2) is 11.5 Å². The largest absolute Gasteiger partial charge is 0.370 e. The number of unbranched alkanes of at least 4 members (excludes halogenated alkanes) is 2. The molecule has 0 bridgehead atoms. The molecule has 1 fully saturated rings. The van der Waals surface area contributed by atoms with Gasteiger partial charge in [-0.15, -0.1) is 0 Å². The standard InChI is InChI=1S/C30H40BN3O2/c1-5-7-11-22-16-23(12-8-6-2)30-24(17-22)19-32-27-13-9-10-14-28(27)33-20-25-18-26(31)15-21(3)29(25)35-34(4)36-30/h15-20,27-28H,5-14H2,1-4H3. The minimum absolute atomic E-state index is 0.148. The number of benzene rings is 2. The molecule has 1 heterocycles. The van der Waals surface area contributed by atoms with Crippen LogP contribution in [0, 0.1) is 6.92 Å². The molecule has 1 aliphatic carbocycles. The van der Waals surface area contributed by atoms with Crippen molar-refractivity contribution < 1.29 is 9.68 Å². The highest BCUT2D eigenvalue weighted by Crippen LogP contribution is 2.31. The fourth-order valence-electron chi connectivity index (χ4n) is 5.18. The van der Waals surface area contributed by atoms with Crippen molar-refractivity contribution in [3.8, 4) is 11.5 Å². The number of hydrogen-bond acceptors (Lipinski definition) is 5. The Hall–Kier alpha value is -2.60. The summed E-state index contributed by atoms with van der Waals surface area (Å²) in [5, 5.41) is 1.45. The molecule has 0 N–H and O–H groups in total. The second-order valence-corrected chi connectivity index (χ2v) is 10.2. The van der Waals surface area contributed by atoms with Crippen LogP contribution in [-0.2, 0) is 12.8 Å². The maximum absolute atomic E-state index is 6.42. The zero-order chi connectivity index (χ0) is 25.5. The van der Waals surface area contributed by atoms with E-state index >= 15 is 0 Å². The lowest BCUT2D eigenvalue weighted by Crippen LogP contribution is -2.29. The summed E-state index contributed by atoms with van der Waals surface area (Å²) in [4.78, 5) is 22.8. The number of nitrogens with zero attached hydrogens (tertiary/aromatic N) is 3. The Labute approximate surface area is 218 Å². The van der Waals surface area contributed by atoms with Gasteiger partial charge >= 0.3 is 0 Å². The molecular formula is C30H40BN3O2. The summed E-state index contributed by atoms with van der Waals surface area (Å²) in [6.07, 6.45) is 15.0. The van der Waals surface area contributed by atoms with E-state index in [4.69, 9.17) is 27.5 Å². The molecular weight excluding hydrogens is 445 g/mol. The van der Waals surface area contributed by atoms with E-state index in [0.717, 1.165) is 61.0 Å². The average molecular weight is 485 g/mol. The second-order valence-electron chi connectivity index (χ2n) is 10.2. The molecule has 5 nitrogen and oxygen atoms in total. The fraction of sp³-hybridized carbons (Fsp3) is 0.533. The maximum atomic E-state index is 6.42. The Morgan fingerprint density at radius 3 is 2.14 bits per heavy atom. The maximum Gasteiger partial charge on any atom is 0.163 e. The minimum Gasteiger partial charge on any atom is -0.370 e. The Balaban J connectivity index is 1.82. The van der Waals surface area contributed by atoms with Crippen LogP contribution in [-0.4, -0.2) is 44.6 Å². The van der Waals surface area contributed by atoms with Crippen molar-refractivity contribution in [1.82, 2.24) is 5.23 Å². The first kappa shape index (κ1) is 26.5. The minimum atomic E-state index is 0.148. The SMILES string of the molecule is [B]c1cc(C)c2c(c1)C=NC1CCCCC1N=Cc1cc(CCCC)cc(CCCC)c1ON(C)O2. The molecule has 1 saturated carbocycles. The summed E-state index contributed by atoms with van der Waals surface area (Å²) in [7, 11) is 7.98. The summed E-state index contributed by atoms with van der Waals surface area (Å²) in [6.45, 7) is 6.47. The second kappa shape index (κ2) is 12.6. The monoisotopic (exact) mass is 485 g/mol. The summed E-state index contributed by atoms with van der Waals surface area (Å²) in [5.41, 5.74) is 6.07. The van der Waals surface area contributed by atoms with Crippen LogP contribution in [0.1, 0.15) is 93.0 Å². The highest BCUT2D eigenvalue weighted by atomic mass is 16.9. The van der Waals surface area contributed by atoms with E-state index in [1.165, 1.54) is 42.0 Å². The summed E-state index contributed by atoms with van der Waals surface area (Å²) < 4.78 is 0. The average Bonchev–Trinajstić information content (AvgIpc) is 2.87. The normalized spacial score (nSPS) is 20.1. The van der Waals surface area contributed by atoms with Crippen LogP contribution in [0.2, 0.25) is 0 Å². The van der Waals surface area contributed by atoms with Crippen molar-refractivity contribution in [2.24, 2.45) is 9.98 Å². The van der Waals surface area contributed by atoms with E-state index < -0.39 is 0 Å². The van der Waals surface area contributed by atoms with E-state index in [2.05, 4.69) is 26.0 Å². The van der Waals surface area contributed by atoms with E-state index in [1.54, 1.807) is 7.05 Å². The first-order valence-electron chi connectivity index (χ1n) is 13.7. The predicted molar refractivity (Wildman–Crippen MR) is 150 cm³/mol. The van der Waals surface area contributed by atoms with Crippen molar-refractivity contribution in [3.05, 3.63) is 52.1 Å². The van der Waals surface area contributed by atoms with E-state index in [1.807, 2.05) is 31.5 Å². The lowest BCUT2D eigenvalue weighted by atomic mass is 9.90. The van der Waals surface area contributed by atoms with Gasteiger partial charge in [0, 0.05) is 28.8 Å². The molecule has 0 aromatic heterocycles. The van der Waals surface area contributed by atoms with Gasteiger partial charge in [0.1, 0.15) is 7.85 Å². The van der Waals surface area contributed by atoms with Crippen molar-refractivity contribution in [1.29, 1.82) is 0 Å². The van der Waals surface area contributed by atoms with E-state index in [9.17, 15) is 0 Å². The van der Waals surface area contributed by atoms with Gasteiger partial charge in [-0.1, -0.05) is 63.2 Å².